The summed E-state index contributed by atoms with van der Waals surface area (Å²) < 4.78 is 7.02. The van der Waals surface area contributed by atoms with Crippen molar-refractivity contribution in [3.63, 3.8) is 0 Å². The monoisotopic (exact) mass is 350 g/mol. The molecular weight excluding hydrogens is 340 g/mol. The lowest BCUT2D eigenvalue weighted by Gasteiger charge is -2.12. The molecule has 0 aliphatic heterocycles. The molecule has 1 unspecified atom stereocenters. The molecule has 0 bridgehead atoms. The largest absolute Gasteiger partial charge is 0.497 e. The van der Waals surface area contributed by atoms with Crippen molar-refractivity contribution in [1.82, 2.24) is 9.97 Å². The Labute approximate surface area is 128 Å². The molecule has 0 aliphatic rings. The number of aliphatic hydroxyl groups excluding tert-OH is 1. The first-order chi connectivity index (χ1) is 9.69. The molecule has 0 spiro atoms. The number of thiazole rings is 1. The topological polar surface area (TPSA) is 55.2 Å². The SMILES string of the molecule is COc1cc(C(O)c2ccccn2)c2nc(Br)sc2c1. The van der Waals surface area contributed by atoms with Crippen LogP contribution in [0.5, 0.6) is 5.75 Å². The van der Waals surface area contributed by atoms with Gasteiger partial charge in [-0.1, -0.05) is 6.07 Å². The second-order valence-electron chi connectivity index (χ2n) is 4.19. The zero-order chi connectivity index (χ0) is 14.1. The van der Waals surface area contributed by atoms with E-state index in [0.29, 0.717) is 17.0 Å². The van der Waals surface area contributed by atoms with Gasteiger partial charge in [0, 0.05) is 11.8 Å². The first kappa shape index (κ1) is 13.5. The number of methoxy groups -OCH3 is 1. The minimum Gasteiger partial charge on any atom is -0.497 e. The average Bonchev–Trinajstić information content (AvgIpc) is 2.86. The van der Waals surface area contributed by atoms with Crippen LogP contribution in [0.1, 0.15) is 17.4 Å². The van der Waals surface area contributed by atoms with Gasteiger partial charge in [-0.05, 0) is 40.2 Å². The molecule has 1 N–H and O–H groups in total. The number of rotatable bonds is 3. The van der Waals surface area contributed by atoms with Gasteiger partial charge in [0.05, 0.1) is 23.0 Å². The number of halogens is 1. The van der Waals surface area contributed by atoms with Gasteiger partial charge < -0.3 is 9.84 Å². The van der Waals surface area contributed by atoms with Crippen molar-refractivity contribution in [2.75, 3.05) is 7.11 Å². The Morgan fingerprint density at radius 1 is 1.35 bits per heavy atom. The fourth-order valence-electron chi connectivity index (χ4n) is 2.03. The summed E-state index contributed by atoms with van der Waals surface area (Å²) in [6.45, 7) is 0. The Balaban J connectivity index is 2.18. The molecule has 2 aromatic heterocycles. The summed E-state index contributed by atoms with van der Waals surface area (Å²) in [5.41, 5.74) is 2.05. The zero-order valence-corrected chi connectivity index (χ0v) is 13.0. The van der Waals surface area contributed by atoms with E-state index in [-0.39, 0.29) is 0 Å². The Hall–Kier alpha value is -1.50. The van der Waals surface area contributed by atoms with Gasteiger partial charge in [-0.3, -0.25) is 4.98 Å². The van der Waals surface area contributed by atoms with Gasteiger partial charge in [-0.2, -0.15) is 0 Å². The minimum absolute atomic E-state index is 0.589. The van der Waals surface area contributed by atoms with Crippen molar-refractivity contribution in [3.05, 3.63) is 51.7 Å². The third-order valence-corrected chi connectivity index (χ3v) is 4.42. The second kappa shape index (κ2) is 5.47. The highest BCUT2D eigenvalue weighted by molar-refractivity contribution is 9.11. The summed E-state index contributed by atoms with van der Waals surface area (Å²) >= 11 is 4.88. The summed E-state index contributed by atoms with van der Waals surface area (Å²) in [5, 5.41) is 10.6. The minimum atomic E-state index is -0.831. The van der Waals surface area contributed by atoms with Crippen molar-refractivity contribution in [3.8, 4) is 5.75 Å². The van der Waals surface area contributed by atoms with Crippen molar-refractivity contribution >= 4 is 37.5 Å². The maximum Gasteiger partial charge on any atom is 0.160 e. The molecule has 2 heterocycles. The van der Waals surface area contributed by atoms with Crippen molar-refractivity contribution in [1.29, 1.82) is 0 Å². The van der Waals surface area contributed by atoms with Crippen LogP contribution in [0, 0.1) is 0 Å². The number of hydrogen-bond donors (Lipinski definition) is 1. The van der Waals surface area contributed by atoms with Gasteiger partial charge in [-0.25, -0.2) is 4.98 Å². The van der Waals surface area contributed by atoms with E-state index >= 15 is 0 Å². The third kappa shape index (κ3) is 2.42. The fraction of sp³-hybridized carbons (Fsp3) is 0.143. The molecule has 1 atom stereocenters. The highest BCUT2D eigenvalue weighted by Crippen LogP contribution is 2.36. The number of aromatic nitrogens is 2. The predicted molar refractivity (Wildman–Crippen MR) is 82.2 cm³/mol. The summed E-state index contributed by atoms with van der Waals surface area (Å²) in [7, 11) is 1.61. The smallest absolute Gasteiger partial charge is 0.160 e. The van der Waals surface area contributed by atoms with Crippen LogP contribution in [-0.4, -0.2) is 22.2 Å². The molecule has 0 amide bonds. The highest BCUT2D eigenvalue weighted by atomic mass is 79.9. The van der Waals surface area contributed by atoms with Crippen molar-refractivity contribution in [2.24, 2.45) is 0 Å². The molecule has 0 saturated carbocycles. The number of fused-ring (bicyclic) bond motifs is 1. The van der Waals surface area contributed by atoms with Gasteiger partial charge in [-0.15, -0.1) is 11.3 Å². The molecule has 0 fully saturated rings. The number of benzene rings is 1. The van der Waals surface area contributed by atoms with Crippen molar-refractivity contribution < 1.29 is 9.84 Å². The van der Waals surface area contributed by atoms with Crippen LogP contribution in [-0.2, 0) is 0 Å². The van der Waals surface area contributed by atoms with E-state index in [1.807, 2.05) is 18.2 Å². The number of pyridine rings is 1. The van der Waals surface area contributed by atoms with Crippen molar-refractivity contribution in [2.45, 2.75) is 6.10 Å². The maximum atomic E-state index is 10.6. The molecule has 4 nitrogen and oxygen atoms in total. The van der Waals surface area contributed by atoms with E-state index in [1.165, 1.54) is 11.3 Å². The lowest BCUT2D eigenvalue weighted by Crippen LogP contribution is -2.03. The van der Waals surface area contributed by atoms with Crippen LogP contribution in [0.2, 0.25) is 0 Å². The van der Waals surface area contributed by atoms with Gasteiger partial charge >= 0.3 is 0 Å². The Morgan fingerprint density at radius 3 is 2.90 bits per heavy atom. The lowest BCUT2D eigenvalue weighted by molar-refractivity contribution is 0.216. The van der Waals surface area contributed by atoms with Gasteiger partial charge in [0.15, 0.2) is 3.92 Å². The summed E-state index contributed by atoms with van der Waals surface area (Å²) in [5.74, 6) is 0.693. The van der Waals surface area contributed by atoms with Crippen LogP contribution < -0.4 is 4.74 Å². The fourth-order valence-corrected chi connectivity index (χ4v) is 3.48. The summed E-state index contributed by atoms with van der Waals surface area (Å²) in [4.78, 5) is 8.62. The van der Waals surface area contributed by atoms with Crippen LogP contribution in [0.15, 0.2) is 40.4 Å². The Bertz CT molecular complexity index is 746. The number of aliphatic hydroxyl groups is 1. The number of ether oxygens (including phenoxy) is 1. The van der Waals surface area contributed by atoms with E-state index < -0.39 is 6.10 Å². The number of nitrogens with zero attached hydrogens (tertiary/aromatic N) is 2. The van der Waals surface area contributed by atoms with Crippen LogP contribution in [0.25, 0.3) is 10.2 Å². The molecule has 3 aromatic rings. The van der Waals surface area contributed by atoms with Gasteiger partial charge in [0.1, 0.15) is 11.9 Å². The van der Waals surface area contributed by atoms with Crippen LogP contribution in [0.4, 0.5) is 0 Å². The predicted octanol–water partition coefficient (Wildman–Crippen LogP) is 3.54. The molecule has 0 aliphatic carbocycles. The first-order valence-corrected chi connectivity index (χ1v) is 7.53. The summed E-state index contributed by atoms with van der Waals surface area (Å²) in [6.07, 6.45) is 0.829. The molecule has 20 heavy (non-hydrogen) atoms. The normalized spacial score (nSPS) is 12.6. The average molecular weight is 351 g/mol. The first-order valence-electron chi connectivity index (χ1n) is 5.92. The Kier molecular flexibility index (Phi) is 3.69. The molecule has 6 heteroatoms. The lowest BCUT2D eigenvalue weighted by atomic mass is 10.0. The van der Waals surface area contributed by atoms with E-state index in [1.54, 1.807) is 25.4 Å². The quantitative estimate of drug-likeness (QED) is 0.784. The van der Waals surface area contributed by atoms with Gasteiger partial charge in [0.2, 0.25) is 0 Å². The number of hydrogen-bond acceptors (Lipinski definition) is 5. The van der Waals surface area contributed by atoms with Gasteiger partial charge in [0.25, 0.3) is 0 Å². The second-order valence-corrected chi connectivity index (χ2v) is 6.49. The van der Waals surface area contributed by atoms with E-state index in [2.05, 4.69) is 25.9 Å². The standard InChI is InChI=1S/C14H11BrN2O2S/c1-19-8-6-9(12-11(7-8)20-14(15)17-12)13(18)10-4-2-3-5-16-10/h2-7,13,18H,1H3. The molecular formula is C14H11BrN2O2S. The third-order valence-electron chi connectivity index (χ3n) is 2.97. The molecule has 0 saturated heterocycles. The molecule has 0 radical (unpaired) electrons. The van der Waals surface area contributed by atoms with E-state index in [9.17, 15) is 5.11 Å². The van der Waals surface area contributed by atoms with Crippen LogP contribution >= 0.6 is 27.3 Å². The van der Waals surface area contributed by atoms with E-state index in [4.69, 9.17) is 4.74 Å². The summed E-state index contributed by atoms with van der Waals surface area (Å²) in [6, 6.07) is 9.16. The maximum absolute atomic E-state index is 10.6. The Morgan fingerprint density at radius 2 is 2.20 bits per heavy atom. The molecule has 1 aromatic carbocycles. The molecule has 3 rings (SSSR count). The van der Waals surface area contributed by atoms with Crippen LogP contribution in [0.3, 0.4) is 0 Å². The molecule has 102 valence electrons. The van der Waals surface area contributed by atoms with E-state index in [0.717, 1.165) is 14.1 Å². The zero-order valence-electron chi connectivity index (χ0n) is 10.6. The highest BCUT2D eigenvalue weighted by Gasteiger charge is 2.18.